The highest BCUT2D eigenvalue weighted by Crippen LogP contribution is 2.25. The minimum absolute atomic E-state index is 0.179. The number of hydrogen-bond acceptors (Lipinski definition) is 4. The van der Waals surface area contributed by atoms with E-state index in [4.69, 9.17) is 29.0 Å². The molecule has 22 heavy (non-hydrogen) atoms. The summed E-state index contributed by atoms with van der Waals surface area (Å²) in [6, 6.07) is 4.88. The van der Waals surface area contributed by atoms with Crippen molar-refractivity contribution >= 4 is 40.7 Å². The van der Waals surface area contributed by atoms with Crippen molar-refractivity contribution in [2.24, 2.45) is 11.8 Å². The van der Waals surface area contributed by atoms with Crippen LogP contribution >= 0.6 is 23.2 Å². The van der Waals surface area contributed by atoms with E-state index < -0.39 is 0 Å². The van der Waals surface area contributed by atoms with Gasteiger partial charge in [-0.1, -0.05) is 23.2 Å². The van der Waals surface area contributed by atoms with Gasteiger partial charge in [0.15, 0.2) is 0 Å². The summed E-state index contributed by atoms with van der Waals surface area (Å²) >= 11 is 11.9. The van der Waals surface area contributed by atoms with Crippen LogP contribution in [0, 0.1) is 5.92 Å². The average molecular weight is 345 g/mol. The normalized spacial score (nSPS) is 18.8. The Hall–Kier alpha value is -1.34. The van der Waals surface area contributed by atoms with Crippen molar-refractivity contribution in [1.29, 1.82) is 0 Å². The summed E-state index contributed by atoms with van der Waals surface area (Å²) in [7, 11) is 0. The maximum atomic E-state index is 12.1. The number of amides is 2. The molecule has 0 radical (unpaired) electrons. The molecule has 4 N–H and O–H groups in total. The van der Waals surface area contributed by atoms with Crippen molar-refractivity contribution in [3.8, 4) is 0 Å². The van der Waals surface area contributed by atoms with Gasteiger partial charge in [0.2, 0.25) is 11.8 Å². The number of benzene rings is 1. The van der Waals surface area contributed by atoms with Crippen LogP contribution in [0.25, 0.3) is 0 Å². The Kier molecular flexibility index (Phi) is 6.02. The summed E-state index contributed by atoms with van der Waals surface area (Å²) in [4.78, 5) is 25.6. The summed E-state index contributed by atoms with van der Waals surface area (Å²) < 4.78 is 0. The summed E-state index contributed by atoms with van der Waals surface area (Å²) in [5.74, 6) is 4.59. The van der Waals surface area contributed by atoms with E-state index in [-0.39, 0.29) is 24.3 Å². The number of nitrogens with zero attached hydrogens (tertiary/aromatic N) is 1. The van der Waals surface area contributed by atoms with Crippen LogP contribution in [-0.2, 0) is 9.59 Å². The van der Waals surface area contributed by atoms with Gasteiger partial charge in [-0.15, -0.1) is 0 Å². The van der Waals surface area contributed by atoms with Gasteiger partial charge < -0.3 is 5.32 Å². The van der Waals surface area contributed by atoms with E-state index in [2.05, 4.69) is 10.7 Å². The highest BCUT2D eigenvalue weighted by atomic mass is 35.5. The van der Waals surface area contributed by atoms with Crippen molar-refractivity contribution in [3.05, 3.63) is 28.2 Å². The van der Waals surface area contributed by atoms with Gasteiger partial charge in [0.05, 0.1) is 23.2 Å². The van der Waals surface area contributed by atoms with Gasteiger partial charge in [-0.05, 0) is 37.6 Å². The molecule has 0 spiro atoms. The number of nitrogens with two attached hydrogens (primary N) is 1. The fraction of sp³-hybridized carbons (Fsp3) is 0.429. The lowest BCUT2D eigenvalue weighted by molar-refractivity contribution is -0.128. The molecular weight excluding hydrogens is 327 g/mol. The fourth-order valence-electron chi connectivity index (χ4n) is 2.52. The molecule has 1 aromatic carbocycles. The van der Waals surface area contributed by atoms with Gasteiger partial charge >= 0.3 is 0 Å². The largest absolute Gasteiger partial charge is 0.324 e. The van der Waals surface area contributed by atoms with Crippen molar-refractivity contribution in [2.75, 3.05) is 25.0 Å². The maximum Gasteiger partial charge on any atom is 0.238 e. The first-order valence-electron chi connectivity index (χ1n) is 6.97. The number of halogens is 2. The van der Waals surface area contributed by atoms with E-state index in [9.17, 15) is 9.59 Å². The van der Waals surface area contributed by atoms with E-state index in [0.29, 0.717) is 22.3 Å². The summed E-state index contributed by atoms with van der Waals surface area (Å²) in [5, 5.41) is 3.66. The molecule has 0 aliphatic carbocycles. The molecule has 1 fully saturated rings. The first-order valence-corrected chi connectivity index (χ1v) is 7.73. The molecule has 1 atom stereocenters. The molecule has 1 unspecified atom stereocenters. The molecule has 0 saturated carbocycles. The molecule has 1 aliphatic rings. The van der Waals surface area contributed by atoms with Crippen molar-refractivity contribution < 1.29 is 9.59 Å². The van der Waals surface area contributed by atoms with Crippen LogP contribution < -0.4 is 16.6 Å². The number of hydrogen-bond donors (Lipinski definition) is 3. The number of carbonyl (C=O) groups is 2. The lowest BCUT2D eigenvalue weighted by Gasteiger charge is -2.31. The van der Waals surface area contributed by atoms with Crippen molar-refractivity contribution in [3.63, 3.8) is 0 Å². The van der Waals surface area contributed by atoms with Crippen LogP contribution in [0.2, 0.25) is 10.0 Å². The van der Waals surface area contributed by atoms with Crippen LogP contribution in [-0.4, -0.2) is 36.3 Å². The van der Waals surface area contributed by atoms with E-state index in [1.54, 1.807) is 18.2 Å². The van der Waals surface area contributed by atoms with E-state index in [1.165, 1.54) is 0 Å². The molecule has 0 bridgehead atoms. The monoisotopic (exact) mass is 344 g/mol. The predicted octanol–water partition coefficient (Wildman–Crippen LogP) is 1.63. The highest BCUT2D eigenvalue weighted by Gasteiger charge is 2.26. The second-order valence-corrected chi connectivity index (χ2v) is 6.10. The Morgan fingerprint density at radius 2 is 2.14 bits per heavy atom. The first kappa shape index (κ1) is 17.0. The standard InChI is InChI=1S/C14H18Cl2N4O2/c15-10-3-4-11(16)12(6-10)18-13(21)8-20-5-1-2-9(7-20)14(22)19-17/h3-4,6,9H,1-2,5,7-8,17H2,(H,18,21)(H,19,22). The number of likely N-dealkylation sites (tertiary alicyclic amines) is 1. The summed E-state index contributed by atoms with van der Waals surface area (Å²) in [5.41, 5.74) is 2.64. The maximum absolute atomic E-state index is 12.1. The van der Waals surface area contributed by atoms with Gasteiger partial charge in [-0.3, -0.25) is 19.9 Å². The van der Waals surface area contributed by atoms with Gasteiger partial charge in [0.25, 0.3) is 0 Å². The van der Waals surface area contributed by atoms with Gasteiger partial charge in [0, 0.05) is 11.6 Å². The molecule has 1 heterocycles. The van der Waals surface area contributed by atoms with Crippen molar-refractivity contribution in [2.45, 2.75) is 12.8 Å². The zero-order chi connectivity index (χ0) is 16.1. The zero-order valence-corrected chi connectivity index (χ0v) is 13.5. The fourth-order valence-corrected chi connectivity index (χ4v) is 2.85. The Morgan fingerprint density at radius 1 is 1.36 bits per heavy atom. The topological polar surface area (TPSA) is 87.5 Å². The van der Waals surface area contributed by atoms with Crippen LogP contribution in [0.3, 0.4) is 0 Å². The Balaban J connectivity index is 1.91. The lowest BCUT2D eigenvalue weighted by atomic mass is 9.97. The Morgan fingerprint density at radius 3 is 2.86 bits per heavy atom. The number of piperidine rings is 1. The highest BCUT2D eigenvalue weighted by molar-refractivity contribution is 6.35. The van der Waals surface area contributed by atoms with Crippen LogP contribution in [0.15, 0.2) is 18.2 Å². The molecular formula is C14H18Cl2N4O2. The summed E-state index contributed by atoms with van der Waals surface area (Å²) in [6.07, 6.45) is 1.63. The van der Waals surface area contributed by atoms with Crippen LogP contribution in [0.4, 0.5) is 5.69 Å². The number of carbonyl (C=O) groups excluding carboxylic acids is 2. The minimum atomic E-state index is -0.196. The Labute approximate surface area is 138 Å². The van der Waals surface area contributed by atoms with Crippen LogP contribution in [0.1, 0.15) is 12.8 Å². The molecule has 1 saturated heterocycles. The third-order valence-electron chi connectivity index (χ3n) is 3.59. The molecule has 2 amide bonds. The third-order valence-corrected chi connectivity index (χ3v) is 4.15. The number of hydrazine groups is 1. The summed E-state index contributed by atoms with van der Waals surface area (Å²) in [6.45, 7) is 1.47. The Bertz CT molecular complexity index is 568. The smallest absolute Gasteiger partial charge is 0.238 e. The molecule has 1 aliphatic heterocycles. The van der Waals surface area contributed by atoms with Gasteiger partial charge in [0.1, 0.15) is 0 Å². The molecule has 120 valence electrons. The molecule has 0 aromatic heterocycles. The van der Waals surface area contributed by atoms with Crippen LogP contribution in [0.5, 0.6) is 0 Å². The molecule has 6 nitrogen and oxygen atoms in total. The van der Waals surface area contributed by atoms with E-state index in [1.807, 2.05) is 4.90 Å². The average Bonchev–Trinajstić information content (AvgIpc) is 2.50. The number of nitrogens with one attached hydrogen (secondary N) is 2. The first-order chi connectivity index (χ1) is 10.5. The molecule has 2 rings (SSSR count). The van der Waals surface area contributed by atoms with E-state index in [0.717, 1.165) is 19.4 Å². The zero-order valence-electron chi connectivity index (χ0n) is 11.9. The van der Waals surface area contributed by atoms with Gasteiger partial charge in [-0.25, -0.2) is 5.84 Å². The minimum Gasteiger partial charge on any atom is -0.324 e. The van der Waals surface area contributed by atoms with Crippen molar-refractivity contribution in [1.82, 2.24) is 10.3 Å². The molecule has 8 heteroatoms. The number of anilines is 1. The SMILES string of the molecule is NNC(=O)C1CCCN(CC(=O)Nc2cc(Cl)ccc2Cl)C1. The number of rotatable bonds is 4. The second-order valence-electron chi connectivity index (χ2n) is 5.26. The predicted molar refractivity (Wildman–Crippen MR) is 86.6 cm³/mol. The third kappa shape index (κ3) is 4.58. The lowest BCUT2D eigenvalue weighted by Crippen LogP contribution is -2.46. The second kappa shape index (κ2) is 7.78. The van der Waals surface area contributed by atoms with Gasteiger partial charge in [-0.2, -0.15) is 0 Å². The quantitative estimate of drug-likeness (QED) is 0.440. The molecule has 1 aromatic rings. The van der Waals surface area contributed by atoms with E-state index >= 15 is 0 Å².